The molecule has 0 radical (unpaired) electrons. The summed E-state index contributed by atoms with van der Waals surface area (Å²) < 4.78 is -0.117. The van der Waals surface area contributed by atoms with Crippen LogP contribution in [-0.2, 0) is 4.79 Å². The Morgan fingerprint density at radius 1 is 1.50 bits per heavy atom. The molecule has 0 spiro atoms. The molecule has 1 fully saturated rings. The first-order chi connectivity index (χ1) is 6.22. The van der Waals surface area contributed by atoms with Gasteiger partial charge in [0.25, 0.3) is 0 Å². The van der Waals surface area contributed by atoms with E-state index >= 15 is 0 Å². The van der Waals surface area contributed by atoms with Crippen molar-refractivity contribution in [1.82, 2.24) is 5.32 Å². The van der Waals surface area contributed by atoms with Crippen molar-refractivity contribution >= 4 is 18.6 Å². The Morgan fingerprint density at radius 3 is 2.57 bits per heavy atom. The van der Waals surface area contributed by atoms with Crippen molar-refractivity contribution in [3.8, 4) is 0 Å². The fraction of sp³-hybridized carbons (Fsp3) is 0.900. The van der Waals surface area contributed by atoms with Gasteiger partial charge in [-0.05, 0) is 25.2 Å². The zero-order chi connectivity index (χ0) is 11.0. The maximum Gasteiger partial charge on any atom is 0.320 e. The Kier molecular flexibility index (Phi) is 3.17. The van der Waals surface area contributed by atoms with Crippen molar-refractivity contribution in [3.05, 3.63) is 0 Å². The molecule has 4 heteroatoms. The molecule has 82 valence electrons. The lowest BCUT2D eigenvalue weighted by Crippen LogP contribution is -2.40. The summed E-state index contributed by atoms with van der Waals surface area (Å²) in [6, 6.07) is -0.432. The van der Waals surface area contributed by atoms with Crippen LogP contribution in [0.3, 0.4) is 0 Å². The first kappa shape index (κ1) is 11.9. The Balaban J connectivity index is 2.79. The molecule has 3 nitrogen and oxygen atoms in total. The minimum Gasteiger partial charge on any atom is -0.480 e. The van der Waals surface area contributed by atoms with E-state index in [-0.39, 0.29) is 10.2 Å². The fourth-order valence-corrected chi connectivity index (χ4v) is 2.83. The molecule has 14 heavy (non-hydrogen) atoms. The van der Waals surface area contributed by atoms with Gasteiger partial charge in [0.2, 0.25) is 0 Å². The Labute approximate surface area is 90.7 Å². The van der Waals surface area contributed by atoms with Crippen molar-refractivity contribution in [2.75, 3.05) is 6.54 Å². The number of rotatable bonds is 1. The molecule has 0 bridgehead atoms. The zero-order valence-electron chi connectivity index (χ0n) is 9.00. The first-order valence-corrected chi connectivity index (χ1v) is 5.35. The third kappa shape index (κ3) is 3.17. The number of carboxylic acids is 1. The topological polar surface area (TPSA) is 49.3 Å². The molecule has 2 N–H and O–H groups in total. The minimum atomic E-state index is -0.760. The van der Waals surface area contributed by atoms with Gasteiger partial charge in [-0.25, -0.2) is 0 Å². The summed E-state index contributed by atoms with van der Waals surface area (Å²) in [7, 11) is 0. The number of hydrogen-bond donors (Lipinski definition) is 3. The van der Waals surface area contributed by atoms with E-state index in [0.29, 0.717) is 13.0 Å². The second kappa shape index (κ2) is 3.74. The summed E-state index contributed by atoms with van der Waals surface area (Å²) in [5, 5.41) is 12.0. The van der Waals surface area contributed by atoms with Crippen LogP contribution >= 0.6 is 12.6 Å². The summed E-state index contributed by atoms with van der Waals surface area (Å²) in [4.78, 5) is 10.9. The molecule has 0 aliphatic carbocycles. The summed E-state index contributed by atoms with van der Waals surface area (Å²) >= 11 is 4.55. The molecule has 0 amide bonds. The molecule has 2 unspecified atom stereocenters. The Morgan fingerprint density at radius 2 is 2.07 bits per heavy atom. The van der Waals surface area contributed by atoms with Crippen LogP contribution in [0.25, 0.3) is 0 Å². The predicted octanol–water partition coefficient (Wildman–Crippen LogP) is 1.54. The van der Waals surface area contributed by atoms with Gasteiger partial charge in [-0.1, -0.05) is 13.8 Å². The van der Waals surface area contributed by atoms with Gasteiger partial charge < -0.3 is 10.4 Å². The lowest BCUT2D eigenvalue weighted by molar-refractivity contribution is -0.140. The normalized spacial score (nSPS) is 37.6. The molecule has 1 rings (SSSR count). The van der Waals surface area contributed by atoms with E-state index in [0.717, 1.165) is 6.42 Å². The average Bonchev–Trinajstić information content (AvgIpc) is 2.04. The predicted molar refractivity (Wildman–Crippen MR) is 59.8 cm³/mol. The van der Waals surface area contributed by atoms with E-state index in [9.17, 15) is 4.79 Å². The highest BCUT2D eigenvalue weighted by atomic mass is 32.1. The zero-order valence-corrected chi connectivity index (χ0v) is 9.90. The molecular formula is C10H19NO2S. The highest BCUT2D eigenvalue weighted by molar-refractivity contribution is 7.81. The highest BCUT2D eigenvalue weighted by Gasteiger charge is 2.37. The van der Waals surface area contributed by atoms with Crippen LogP contribution in [0.2, 0.25) is 0 Å². The molecule has 0 aromatic carbocycles. The second-order valence-corrected chi connectivity index (χ2v) is 6.39. The SMILES string of the molecule is CC1(C)CC(C(=O)O)NCC(C)(S)C1. The van der Waals surface area contributed by atoms with Gasteiger partial charge in [0.05, 0.1) is 0 Å². The van der Waals surface area contributed by atoms with Crippen molar-refractivity contribution in [1.29, 1.82) is 0 Å². The number of carbonyl (C=O) groups is 1. The molecule has 0 aromatic rings. The monoisotopic (exact) mass is 217 g/mol. The molecule has 0 saturated carbocycles. The molecule has 1 saturated heterocycles. The lowest BCUT2D eigenvalue weighted by Gasteiger charge is -2.30. The fourth-order valence-electron chi connectivity index (χ4n) is 2.31. The van der Waals surface area contributed by atoms with E-state index < -0.39 is 12.0 Å². The van der Waals surface area contributed by atoms with Gasteiger partial charge in [0, 0.05) is 11.3 Å². The van der Waals surface area contributed by atoms with Crippen molar-refractivity contribution in [3.63, 3.8) is 0 Å². The standard InChI is InChI=1S/C10H19NO2S/c1-9(2)4-7(8(12)13)11-6-10(3,14)5-9/h7,11,14H,4-6H2,1-3H3,(H,12,13). The summed E-state index contributed by atoms with van der Waals surface area (Å²) in [5.41, 5.74) is 0.0308. The molecule has 1 aliphatic heterocycles. The van der Waals surface area contributed by atoms with Gasteiger partial charge in [-0.2, -0.15) is 12.6 Å². The van der Waals surface area contributed by atoms with Gasteiger partial charge in [-0.3, -0.25) is 4.79 Å². The highest BCUT2D eigenvalue weighted by Crippen LogP contribution is 2.37. The van der Waals surface area contributed by atoms with Crippen LogP contribution in [0.1, 0.15) is 33.6 Å². The number of nitrogens with one attached hydrogen (secondary N) is 1. The Bertz CT molecular complexity index is 238. The number of hydrogen-bond acceptors (Lipinski definition) is 3. The second-order valence-electron chi connectivity index (χ2n) is 5.31. The molecule has 1 aliphatic rings. The maximum absolute atomic E-state index is 10.9. The van der Waals surface area contributed by atoms with E-state index in [1.54, 1.807) is 0 Å². The number of thiol groups is 1. The quantitative estimate of drug-likeness (QED) is 0.584. The van der Waals surface area contributed by atoms with E-state index in [4.69, 9.17) is 5.11 Å². The summed E-state index contributed by atoms with van der Waals surface area (Å²) in [6.45, 7) is 6.90. The van der Waals surface area contributed by atoms with Gasteiger partial charge in [-0.15, -0.1) is 0 Å². The van der Waals surface area contributed by atoms with Crippen molar-refractivity contribution in [2.45, 2.75) is 44.4 Å². The molecule has 2 atom stereocenters. The third-order valence-corrected chi connectivity index (χ3v) is 2.96. The van der Waals surface area contributed by atoms with Crippen LogP contribution in [0, 0.1) is 5.41 Å². The van der Waals surface area contributed by atoms with Gasteiger partial charge >= 0.3 is 5.97 Å². The lowest BCUT2D eigenvalue weighted by atomic mass is 9.79. The van der Waals surface area contributed by atoms with Crippen LogP contribution in [0.4, 0.5) is 0 Å². The van der Waals surface area contributed by atoms with E-state index in [1.807, 2.05) is 0 Å². The summed E-state index contributed by atoms with van der Waals surface area (Å²) in [5.74, 6) is -0.760. The summed E-state index contributed by atoms with van der Waals surface area (Å²) in [6.07, 6.45) is 1.60. The number of carboxylic acid groups (broad SMARTS) is 1. The largest absolute Gasteiger partial charge is 0.480 e. The first-order valence-electron chi connectivity index (χ1n) is 4.90. The van der Waals surface area contributed by atoms with Gasteiger partial charge in [0.1, 0.15) is 6.04 Å². The van der Waals surface area contributed by atoms with Crippen LogP contribution < -0.4 is 5.32 Å². The Hall–Kier alpha value is -0.220. The van der Waals surface area contributed by atoms with Crippen molar-refractivity contribution in [2.24, 2.45) is 5.41 Å². The number of aliphatic carboxylic acids is 1. The van der Waals surface area contributed by atoms with Crippen molar-refractivity contribution < 1.29 is 9.90 Å². The van der Waals surface area contributed by atoms with Crippen LogP contribution in [0.15, 0.2) is 0 Å². The van der Waals surface area contributed by atoms with E-state index in [1.165, 1.54) is 0 Å². The average molecular weight is 217 g/mol. The molecule has 0 aromatic heterocycles. The molecule has 1 heterocycles. The maximum atomic E-state index is 10.9. The minimum absolute atomic E-state index is 0.0308. The van der Waals surface area contributed by atoms with Crippen LogP contribution in [0.5, 0.6) is 0 Å². The molecular weight excluding hydrogens is 198 g/mol. The van der Waals surface area contributed by atoms with Crippen LogP contribution in [-0.4, -0.2) is 28.4 Å². The smallest absolute Gasteiger partial charge is 0.320 e. The van der Waals surface area contributed by atoms with E-state index in [2.05, 4.69) is 38.7 Å². The van der Waals surface area contributed by atoms with Gasteiger partial charge in [0.15, 0.2) is 0 Å². The third-order valence-electron chi connectivity index (χ3n) is 2.64.